The third-order valence-corrected chi connectivity index (χ3v) is 9.48. The van der Waals surface area contributed by atoms with Gasteiger partial charge in [0.15, 0.2) is 11.6 Å². The number of aliphatic hydroxyl groups excluding tert-OH is 1. The van der Waals surface area contributed by atoms with Gasteiger partial charge in [0.1, 0.15) is 11.3 Å². The van der Waals surface area contributed by atoms with Gasteiger partial charge < -0.3 is 15.5 Å². The average Bonchev–Trinajstić information content (AvgIpc) is 3.49. The zero-order valence-electron chi connectivity index (χ0n) is 27.5. The lowest BCUT2D eigenvalue weighted by molar-refractivity contribution is -0.160. The molecule has 2 aliphatic heterocycles. The Morgan fingerprint density at radius 1 is 1.10 bits per heavy atom. The van der Waals surface area contributed by atoms with E-state index in [-0.39, 0.29) is 47.3 Å². The zero-order valence-corrected chi connectivity index (χ0v) is 28.4. The van der Waals surface area contributed by atoms with Gasteiger partial charge in [-0.25, -0.2) is 18.8 Å². The number of alkyl halides is 3. The summed E-state index contributed by atoms with van der Waals surface area (Å²) >= 11 is 1.32. The molecule has 0 saturated carbocycles. The summed E-state index contributed by atoms with van der Waals surface area (Å²) in [6, 6.07) is 8.32. The highest BCUT2D eigenvalue weighted by Gasteiger charge is 2.52. The van der Waals surface area contributed by atoms with E-state index in [4.69, 9.17) is 5.11 Å². The van der Waals surface area contributed by atoms with Gasteiger partial charge in [-0.2, -0.15) is 13.2 Å². The molecule has 1 saturated heterocycles. The van der Waals surface area contributed by atoms with Crippen LogP contribution in [0, 0.1) is 23.5 Å². The van der Waals surface area contributed by atoms with Gasteiger partial charge in [-0.1, -0.05) is 24.0 Å². The Hall–Kier alpha value is -4.94. The molecule has 268 valence electrons. The monoisotopic (exact) mass is 728 g/mol. The number of pyridine rings is 1. The number of rotatable bonds is 10. The first-order valence-corrected chi connectivity index (χ1v) is 17.1. The van der Waals surface area contributed by atoms with Crippen LogP contribution in [0.2, 0.25) is 0 Å². The third kappa shape index (κ3) is 7.87. The summed E-state index contributed by atoms with van der Waals surface area (Å²) in [5.41, 5.74) is -3.27. The summed E-state index contributed by atoms with van der Waals surface area (Å²) in [6.45, 7) is 1.33. The maximum atomic E-state index is 15.4. The highest BCUT2D eigenvalue weighted by molar-refractivity contribution is 7.98. The van der Waals surface area contributed by atoms with Crippen molar-refractivity contribution in [1.29, 1.82) is 0 Å². The molecule has 2 amide bonds. The number of nitrogens with one attached hydrogen (secondary N) is 1. The molecular weight excluding hydrogens is 695 g/mol. The number of unbranched alkanes of at least 4 members (excludes halogenated alkanes) is 2. The van der Waals surface area contributed by atoms with Crippen molar-refractivity contribution in [2.75, 3.05) is 18.1 Å². The number of carbonyl (C=O) groups excluding carboxylic acids is 2. The standard InChI is InChI=1S/C36H33F5N4O5S/c1-35-16-7-17-45(35)44(20-23-11-10-21(30(37)31(23)38)8-5-3-4-6-9-28(46)47)34(50)29(32(35)48)33(49)43-26-14-13-24(36(39,40)41)18-25(26)22-12-15-27(51-2)42-19-22/h10-15,18-19,48H,3-4,6-7,9,16-17,20H2,1-2H3,(H,43,49)(H,46,47). The van der Waals surface area contributed by atoms with Gasteiger partial charge in [0.2, 0.25) is 0 Å². The fraction of sp³-hybridized carbons (Fsp3) is 0.333. The predicted molar refractivity (Wildman–Crippen MR) is 179 cm³/mol. The molecule has 3 N–H and O–H groups in total. The Morgan fingerprint density at radius 2 is 1.86 bits per heavy atom. The fourth-order valence-corrected chi connectivity index (χ4v) is 6.44. The number of benzene rings is 2. The van der Waals surface area contributed by atoms with E-state index in [1.807, 2.05) is 0 Å². The van der Waals surface area contributed by atoms with Crippen LogP contribution in [0.1, 0.15) is 62.1 Å². The highest BCUT2D eigenvalue weighted by Crippen LogP contribution is 2.43. The van der Waals surface area contributed by atoms with Gasteiger partial charge >= 0.3 is 12.1 Å². The molecule has 15 heteroatoms. The Labute approximate surface area is 294 Å². The molecular formula is C36H33F5N4O5S. The second kappa shape index (κ2) is 15.1. The van der Waals surface area contributed by atoms with Crippen LogP contribution in [-0.4, -0.2) is 61.3 Å². The van der Waals surface area contributed by atoms with Crippen molar-refractivity contribution in [3.05, 3.63) is 88.3 Å². The van der Waals surface area contributed by atoms with Crippen molar-refractivity contribution in [2.24, 2.45) is 0 Å². The molecule has 1 unspecified atom stereocenters. The van der Waals surface area contributed by atoms with Gasteiger partial charge in [-0.3, -0.25) is 19.4 Å². The van der Waals surface area contributed by atoms with Crippen LogP contribution in [0.4, 0.5) is 27.6 Å². The average molecular weight is 729 g/mol. The van der Waals surface area contributed by atoms with Crippen LogP contribution in [0.3, 0.4) is 0 Å². The molecule has 3 aromatic rings. The zero-order chi connectivity index (χ0) is 37.1. The number of aromatic nitrogens is 1. The Bertz CT molecular complexity index is 1960. The summed E-state index contributed by atoms with van der Waals surface area (Å²) in [5, 5.41) is 25.8. The van der Waals surface area contributed by atoms with Gasteiger partial charge in [0, 0.05) is 48.0 Å². The van der Waals surface area contributed by atoms with Crippen molar-refractivity contribution in [3.63, 3.8) is 0 Å². The van der Waals surface area contributed by atoms with Crippen molar-refractivity contribution < 1.29 is 46.5 Å². The molecule has 1 aromatic heterocycles. The lowest BCUT2D eigenvalue weighted by Crippen LogP contribution is -2.60. The van der Waals surface area contributed by atoms with E-state index in [0.717, 1.165) is 23.2 Å². The van der Waals surface area contributed by atoms with Gasteiger partial charge in [0.25, 0.3) is 11.8 Å². The van der Waals surface area contributed by atoms with Gasteiger partial charge in [0.05, 0.1) is 28.2 Å². The number of carboxylic acid groups (broad SMARTS) is 1. The van der Waals surface area contributed by atoms with E-state index in [9.17, 15) is 32.7 Å². The second-order valence-electron chi connectivity index (χ2n) is 12.2. The summed E-state index contributed by atoms with van der Waals surface area (Å²) in [5.74, 6) is -0.885. The van der Waals surface area contributed by atoms with Gasteiger partial charge in [-0.05, 0) is 69.2 Å². The lowest BCUT2D eigenvalue weighted by atomic mass is 9.90. The molecule has 51 heavy (non-hydrogen) atoms. The maximum Gasteiger partial charge on any atom is 0.416 e. The number of carboxylic acids is 1. The van der Waals surface area contributed by atoms with E-state index in [1.54, 1.807) is 25.3 Å². The second-order valence-corrected chi connectivity index (χ2v) is 13.0. The van der Waals surface area contributed by atoms with E-state index < -0.39 is 64.6 Å². The first-order chi connectivity index (χ1) is 24.1. The number of halogens is 5. The first-order valence-electron chi connectivity index (χ1n) is 15.9. The van der Waals surface area contributed by atoms with Crippen LogP contribution < -0.4 is 5.32 Å². The number of amides is 2. The molecule has 1 atom stereocenters. The maximum absolute atomic E-state index is 15.4. The van der Waals surface area contributed by atoms with Crippen LogP contribution in [0.15, 0.2) is 65.0 Å². The Kier molecular flexibility index (Phi) is 11.1. The van der Waals surface area contributed by atoms with Crippen molar-refractivity contribution in [3.8, 4) is 23.0 Å². The van der Waals surface area contributed by atoms with Crippen molar-refractivity contribution in [1.82, 2.24) is 15.0 Å². The van der Waals surface area contributed by atoms with Crippen molar-refractivity contribution in [2.45, 2.75) is 68.7 Å². The number of nitrogens with zero attached hydrogens (tertiary/aromatic N) is 3. The highest BCUT2D eigenvalue weighted by atomic mass is 32.2. The topological polar surface area (TPSA) is 123 Å². The molecule has 0 aliphatic carbocycles. The number of aliphatic hydroxyl groups is 1. The molecule has 0 spiro atoms. The predicted octanol–water partition coefficient (Wildman–Crippen LogP) is 7.33. The smallest absolute Gasteiger partial charge is 0.416 e. The SMILES string of the molecule is CSc1ccc(-c2cc(C(F)(F)F)ccc2NC(=O)C2=C(O)C3(C)CCCN3N(Cc3ccc(C#CCCCCC(=O)O)c(F)c3F)C2=O)cn1. The van der Waals surface area contributed by atoms with Crippen LogP contribution in [0.25, 0.3) is 11.1 Å². The summed E-state index contributed by atoms with van der Waals surface area (Å²) in [7, 11) is 0. The quantitative estimate of drug-likeness (QED) is 0.0653. The number of hydrogen-bond donors (Lipinski definition) is 3. The summed E-state index contributed by atoms with van der Waals surface area (Å²) in [6.07, 6.45) is 0.323. The van der Waals surface area contributed by atoms with Crippen LogP contribution in [-0.2, 0) is 27.1 Å². The van der Waals surface area contributed by atoms with Gasteiger partial charge in [-0.15, -0.1) is 11.8 Å². The fourth-order valence-electron chi connectivity index (χ4n) is 6.08. The molecule has 2 aromatic carbocycles. The minimum absolute atomic E-state index is 0.0261. The Morgan fingerprint density at radius 3 is 2.53 bits per heavy atom. The third-order valence-electron chi connectivity index (χ3n) is 8.82. The van der Waals surface area contributed by atoms with E-state index in [2.05, 4.69) is 22.1 Å². The minimum Gasteiger partial charge on any atom is -0.509 e. The normalized spacial score (nSPS) is 17.6. The first kappa shape index (κ1) is 37.3. The summed E-state index contributed by atoms with van der Waals surface area (Å²) < 4.78 is 71.6. The number of aliphatic carboxylic acids is 1. The number of fused-ring (bicyclic) bond motifs is 1. The van der Waals surface area contributed by atoms with Crippen LogP contribution >= 0.6 is 11.8 Å². The number of thioether (sulfide) groups is 1. The number of carbonyl (C=O) groups is 3. The molecule has 9 nitrogen and oxygen atoms in total. The number of anilines is 1. The van der Waals surface area contributed by atoms with E-state index >= 15 is 8.78 Å². The van der Waals surface area contributed by atoms with E-state index in [1.165, 1.54) is 35.1 Å². The molecule has 1 fully saturated rings. The minimum atomic E-state index is -4.70. The lowest BCUT2D eigenvalue weighted by Gasteiger charge is -2.46. The number of hydrazine groups is 1. The molecule has 2 aliphatic rings. The molecule has 5 rings (SSSR count). The van der Waals surface area contributed by atoms with Crippen LogP contribution in [0.5, 0.6) is 0 Å². The summed E-state index contributed by atoms with van der Waals surface area (Å²) in [4.78, 5) is 42.7. The van der Waals surface area contributed by atoms with E-state index in [0.29, 0.717) is 30.7 Å². The number of hydrogen-bond acceptors (Lipinski definition) is 7. The van der Waals surface area contributed by atoms with Crippen molar-refractivity contribution >= 4 is 35.2 Å². The largest absolute Gasteiger partial charge is 0.509 e. The molecule has 0 radical (unpaired) electrons. The Balaban J connectivity index is 1.44. The molecule has 3 heterocycles. The molecule has 0 bridgehead atoms.